The van der Waals surface area contributed by atoms with E-state index in [-0.39, 0.29) is 16.6 Å². The Kier molecular flexibility index (Phi) is 7.20. The van der Waals surface area contributed by atoms with E-state index in [2.05, 4.69) is 30.5 Å². The molecule has 1 N–H and O–H groups in total. The molecule has 160 valence electrons. The van der Waals surface area contributed by atoms with Crippen LogP contribution in [0.25, 0.3) is 0 Å². The lowest BCUT2D eigenvalue weighted by molar-refractivity contribution is -0.113. The summed E-state index contributed by atoms with van der Waals surface area (Å²) < 4.78 is 29.2. The molecule has 0 aliphatic carbocycles. The third-order valence-electron chi connectivity index (χ3n) is 4.79. The molecule has 0 saturated carbocycles. The number of thioether (sulfide) groups is 1. The number of sulfonamides is 1. The molecule has 0 aromatic heterocycles. The second-order valence-corrected chi connectivity index (χ2v) is 9.95. The van der Waals surface area contributed by atoms with Gasteiger partial charge in [0.2, 0.25) is 5.91 Å². The van der Waals surface area contributed by atoms with Crippen molar-refractivity contribution < 1.29 is 13.2 Å². The SMILES string of the molecule is CCCCN1C(SCC(=O)Nc2ccc(C(C)C)cc2)=NS(=O)(=O)c2ccccc21. The summed E-state index contributed by atoms with van der Waals surface area (Å²) in [5, 5.41) is 3.20. The van der Waals surface area contributed by atoms with Gasteiger partial charge in [-0.2, -0.15) is 8.42 Å². The first-order chi connectivity index (χ1) is 14.3. The van der Waals surface area contributed by atoms with Crippen molar-refractivity contribution in [3.05, 3.63) is 54.1 Å². The van der Waals surface area contributed by atoms with Gasteiger partial charge in [0.05, 0.1) is 11.4 Å². The Morgan fingerprint density at radius 3 is 2.50 bits per heavy atom. The van der Waals surface area contributed by atoms with E-state index in [0.717, 1.165) is 30.3 Å². The van der Waals surface area contributed by atoms with Gasteiger partial charge in [-0.15, -0.1) is 4.40 Å². The number of carbonyl (C=O) groups is 1. The zero-order valence-electron chi connectivity index (χ0n) is 17.5. The van der Waals surface area contributed by atoms with E-state index in [9.17, 15) is 13.2 Å². The lowest BCUT2D eigenvalue weighted by Crippen LogP contribution is -2.35. The standard InChI is InChI=1S/C22H27N3O3S2/c1-4-5-14-25-19-8-6-7-9-20(19)30(27,28)24-22(25)29-15-21(26)23-18-12-10-17(11-13-18)16(2)3/h6-13,16H,4-5,14-15H2,1-3H3,(H,23,26). The molecule has 0 fully saturated rings. The van der Waals surface area contributed by atoms with Gasteiger partial charge in [0.25, 0.3) is 10.0 Å². The molecule has 1 amide bonds. The molecular weight excluding hydrogens is 418 g/mol. The minimum atomic E-state index is -3.78. The maximum Gasteiger partial charge on any atom is 0.286 e. The van der Waals surface area contributed by atoms with E-state index in [4.69, 9.17) is 0 Å². The van der Waals surface area contributed by atoms with E-state index >= 15 is 0 Å². The second-order valence-electron chi connectivity index (χ2n) is 7.44. The number of hydrogen-bond acceptors (Lipinski definition) is 5. The molecule has 2 aromatic carbocycles. The number of anilines is 2. The van der Waals surface area contributed by atoms with Crippen LogP contribution in [0.5, 0.6) is 0 Å². The number of rotatable bonds is 7. The number of carbonyl (C=O) groups excluding carboxylic acids is 1. The Morgan fingerprint density at radius 1 is 1.13 bits per heavy atom. The molecule has 0 saturated heterocycles. The van der Waals surface area contributed by atoms with Crippen LogP contribution in [0.2, 0.25) is 0 Å². The van der Waals surface area contributed by atoms with Crippen LogP contribution in [0.15, 0.2) is 57.8 Å². The Balaban J connectivity index is 1.72. The van der Waals surface area contributed by atoms with Crippen LogP contribution in [0, 0.1) is 0 Å². The van der Waals surface area contributed by atoms with Gasteiger partial charge in [0.1, 0.15) is 4.90 Å². The molecule has 1 heterocycles. The van der Waals surface area contributed by atoms with Crippen molar-refractivity contribution in [1.29, 1.82) is 0 Å². The smallest absolute Gasteiger partial charge is 0.286 e. The molecule has 0 spiro atoms. The van der Waals surface area contributed by atoms with Crippen molar-refractivity contribution in [3.63, 3.8) is 0 Å². The number of para-hydroxylation sites is 1. The summed E-state index contributed by atoms with van der Waals surface area (Å²) in [6.07, 6.45) is 1.86. The average Bonchev–Trinajstić information content (AvgIpc) is 2.72. The first kappa shape index (κ1) is 22.4. The molecule has 0 bridgehead atoms. The van der Waals surface area contributed by atoms with Crippen LogP contribution in [-0.2, 0) is 14.8 Å². The van der Waals surface area contributed by atoms with Crippen LogP contribution in [-0.4, -0.2) is 31.8 Å². The van der Waals surface area contributed by atoms with Crippen LogP contribution >= 0.6 is 11.8 Å². The highest BCUT2D eigenvalue weighted by Crippen LogP contribution is 2.34. The van der Waals surface area contributed by atoms with Crippen LogP contribution in [0.3, 0.4) is 0 Å². The Bertz CT molecular complexity index is 1030. The van der Waals surface area contributed by atoms with Gasteiger partial charge in [-0.25, -0.2) is 0 Å². The van der Waals surface area contributed by atoms with Crippen molar-refractivity contribution in [3.8, 4) is 0 Å². The summed E-state index contributed by atoms with van der Waals surface area (Å²) in [6.45, 7) is 6.96. The maximum atomic E-state index is 12.6. The summed E-state index contributed by atoms with van der Waals surface area (Å²) in [4.78, 5) is 14.6. The van der Waals surface area contributed by atoms with Gasteiger partial charge >= 0.3 is 0 Å². The summed E-state index contributed by atoms with van der Waals surface area (Å²) in [7, 11) is -3.78. The number of amidine groups is 1. The van der Waals surface area contributed by atoms with Crippen LogP contribution < -0.4 is 10.2 Å². The molecule has 0 unspecified atom stereocenters. The fourth-order valence-electron chi connectivity index (χ4n) is 3.12. The highest BCUT2D eigenvalue weighted by molar-refractivity contribution is 8.15. The molecule has 0 atom stereocenters. The van der Waals surface area contributed by atoms with Crippen LogP contribution in [0.4, 0.5) is 11.4 Å². The highest BCUT2D eigenvalue weighted by atomic mass is 32.2. The quantitative estimate of drug-likeness (QED) is 0.659. The lowest BCUT2D eigenvalue weighted by atomic mass is 10.0. The van der Waals surface area contributed by atoms with E-state index in [0.29, 0.717) is 23.3 Å². The van der Waals surface area contributed by atoms with Crippen molar-refractivity contribution in [1.82, 2.24) is 0 Å². The number of fused-ring (bicyclic) bond motifs is 1. The molecule has 3 rings (SSSR count). The third-order valence-corrected chi connectivity index (χ3v) is 7.20. The predicted octanol–water partition coefficient (Wildman–Crippen LogP) is 4.85. The molecule has 1 aliphatic rings. The van der Waals surface area contributed by atoms with E-state index in [1.54, 1.807) is 18.2 Å². The number of benzene rings is 2. The normalized spacial score (nSPS) is 14.9. The number of unbranched alkanes of at least 4 members (excludes halogenated alkanes) is 1. The topological polar surface area (TPSA) is 78.8 Å². The molecule has 8 heteroatoms. The maximum absolute atomic E-state index is 12.6. The highest BCUT2D eigenvalue weighted by Gasteiger charge is 2.30. The number of nitrogens with zero attached hydrogens (tertiary/aromatic N) is 2. The Hall–Kier alpha value is -2.32. The molecule has 1 aliphatic heterocycles. The molecule has 30 heavy (non-hydrogen) atoms. The zero-order valence-corrected chi connectivity index (χ0v) is 19.1. The van der Waals surface area contributed by atoms with Gasteiger partial charge in [0.15, 0.2) is 5.17 Å². The molecule has 2 aromatic rings. The van der Waals surface area contributed by atoms with Gasteiger partial charge in [-0.3, -0.25) is 4.79 Å². The van der Waals surface area contributed by atoms with E-state index < -0.39 is 10.0 Å². The van der Waals surface area contributed by atoms with Crippen molar-refractivity contribution in [2.45, 2.75) is 44.4 Å². The fourth-order valence-corrected chi connectivity index (χ4v) is 5.40. The Labute approximate surface area is 182 Å². The van der Waals surface area contributed by atoms with Crippen molar-refractivity contribution in [2.24, 2.45) is 4.40 Å². The summed E-state index contributed by atoms with van der Waals surface area (Å²) >= 11 is 1.14. The molecule has 0 radical (unpaired) electrons. The molecule has 6 nitrogen and oxygen atoms in total. The minimum absolute atomic E-state index is 0.0745. The third kappa shape index (κ3) is 5.23. The largest absolute Gasteiger partial charge is 0.325 e. The summed E-state index contributed by atoms with van der Waals surface area (Å²) in [6, 6.07) is 14.6. The van der Waals surface area contributed by atoms with Crippen molar-refractivity contribution >= 4 is 44.2 Å². The van der Waals surface area contributed by atoms with E-state index in [1.165, 1.54) is 5.56 Å². The first-order valence-electron chi connectivity index (χ1n) is 10.1. The number of hydrogen-bond donors (Lipinski definition) is 1. The number of amides is 1. The van der Waals surface area contributed by atoms with E-state index in [1.807, 2.05) is 35.2 Å². The predicted molar refractivity (Wildman–Crippen MR) is 125 cm³/mol. The fraction of sp³-hybridized carbons (Fsp3) is 0.364. The van der Waals surface area contributed by atoms with Gasteiger partial charge in [-0.1, -0.05) is 63.2 Å². The minimum Gasteiger partial charge on any atom is -0.325 e. The van der Waals surface area contributed by atoms with Crippen molar-refractivity contribution in [2.75, 3.05) is 22.5 Å². The van der Waals surface area contributed by atoms with Crippen LogP contribution in [0.1, 0.15) is 45.1 Å². The van der Waals surface area contributed by atoms with Gasteiger partial charge in [-0.05, 0) is 42.2 Å². The van der Waals surface area contributed by atoms with Gasteiger partial charge < -0.3 is 10.2 Å². The Morgan fingerprint density at radius 2 is 1.83 bits per heavy atom. The van der Waals surface area contributed by atoms with Gasteiger partial charge in [0, 0.05) is 12.2 Å². The summed E-state index contributed by atoms with van der Waals surface area (Å²) in [5.74, 6) is 0.297. The zero-order chi connectivity index (χ0) is 21.7. The molecular formula is C22H27N3O3S2. The lowest BCUT2D eigenvalue weighted by Gasteiger charge is -2.30. The second kappa shape index (κ2) is 9.66. The monoisotopic (exact) mass is 445 g/mol. The average molecular weight is 446 g/mol. The summed E-state index contributed by atoms with van der Waals surface area (Å²) in [5.41, 5.74) is 2.54. The first-order valence-corrected chi connectivity index (χ1v) is 12.5. The number of nitrogens with one attached hydrogen (secondary N) is 1.